The van der Waals surface area contributed by atoms with Crippen molar-refractivity contribution in [1.82, 2.24) is 27.4 Å². The fourth-order valence-electron chi connectivity index (χ4n) is 8.88. The highest BCUT2D eigenvalue weighted by molar-refractivity contribution is 7.89. The predicted octanol–water partition coefficient (Wildman–Crippen LogP) is 5.96. The summed E-state index contributed by atoms with van der Waals surface area (Å²) in [7, 11) is 0.784. The molecule has 1 unspecified atom stereocenters. The van der Waals surface area contributed by atoms with Gasteiger partial charge in [0.2, 0.25) is 10.0 Å². The van der Waals surface area contributed by atoms with Gasteiger partial charge in [-0.1, -0.05) is 12.1 Å². The first-order valence-corrected chi connectivity index (χ1v) is 20.7. The minimum absolute atomic E-state index is 0.000320. The van der Waals surface area contributed by atoms with Gasteiger partial charge in [0.25, 0.3) is 16.8 Å². The summed E-state index contributed by atoms with van der Waals surface area (Å²) in [5.41, 5.74) is 8.20. The van der Waals surface area contributed by atoms with Crippen LogP contribution in [0.1, 0.15) is 6.92 Å². The maximum atomic E-state index is 14.5. The van der Waals surface area contributed by atoms with Crippen LogP contribution in [0.2, 0.25) is 0 Å². The number of hydrogen-bond acceptors (Lipinski definition) is 11. The Morgan fingerprint density at radius 1 is 0.707 bits per heavy atom. The molecule has 0 aliphatic heterocycles. The molecular weight excluding hydrogens is 781 g/mol. The first-order chi connectivity index (χ1) is 27.7. The summed E-state index contributed by atoms with van der Waals surface area (Å²) in [5.74, 6) is 0. The number of sulfonamides is 1. The first kappa shape index (κ1) is 34.7. The Balaban J connectivity index is 1.29. The third kappa shape index (κ3) is 4.15. The van der Waals surface area contributed by atoms with E-state index in [0.29, 0.717) is 87.5 Å². The Hall–Kier alpha value is -6.50. The van der Waals surface area contributed by atoms with Crippen molar-refractivity contribution in [2.45, 2.75) is 16.7 Å². The quantitative estimate of drug-likeness (QED) is 0.0519. The van der Waals surface area contributed by atoms with Crippen molar-refractivity contribution in [3.63, 3.8) is 0 Å². The van der Waals surface area contributed by atoms with Crippen LogP contribution in [0, 0.1) is 10.1 Å². The van der Waals surface area contributed by atoms with Crippen LogP contribution < -0.4 is 16.9 Å². The Labute approximate surface area is 328 Å². The number of nitrogens with zero attached hydrogens (tertiary/aromatic N) is 7. The highest BCUT2D eigenvalue weighted by Gasteiger charge is 2.30. The Morgan fingerprint density at radius 3 is 1.83 bits per heavy atom. The second-order valence-electron chi connectivity index (χ2n) is 14.7. The molecule has 15 nitrogen and oxygen atoms in total. The molecule has 0 spiro atoms. The van der Waals surface area contributed by atoms with Gasteiger partial charge in [0.1, 0.15) is 11.3 Å². The van der Waals surface area contributed by atoms with E-state index in [2.05, 4.69) is 0 Å². The van der Waals surface area contributed by atoms with Crippen molar-refractivity contribution in [2.75, 3.05) is 33.4 Å². The van der Waals surface area contributed by atoms with Gasteiger partial charge in [-0.3, -0.25) is 28.5 Å². The number of imidazole rings is 2. The Morgan fingerprint density at radius 2 is 1.24 bits per heavy atom. The van der Waals surface area contributed by atoms with Crippen molar-refractivity contribution in [3.05, 3.63) is 104 Å². The maximum absolute atomic E-state index is 14.5. The molecule has 0 amide bonds. The van der Waals surface area contributed by atoms with E-state index in [4.69, 9.17) is 15.7 Å². The zero-order valence-corrected chi connectivity index (χ0v) is 32.7. The highest BCUT2D eigenvalue weighted by atomic mass is 32.2. The van der Waals surface area contributed by atoms with Gasteiger partial charge in [0.15, 0.2) is 4.90 Å². The van der Waals surface area contributed by atoms with Gasteiger partial charge < -0.3 is 10.3 Å². The number of nitro benzene ring substituents is 1. The number of fused-ring (bicyclic) bond motifs is 10. The lowest BCUT2D eigenvalue weighted by Crippen LogP contribution is -2.26. The third-order valence-corrected chi connectivity index (χ3v) is 14.9. The molecule has 0 saturated carbocycles. The number of aromatic nitrogens is 4. The average molecular weight is 809 g/mol. The molecule has 11 aromatic rings. The fourth-order valence-corrected chi connectivity index (χ4v) is 10.8. The Kier molecular flexibility index (Phi) is 6.78. The van der Waals surface area contributed by atoms with Crippen LogP contribution in [0.4, 0.5) is 11.4 Å². The summed E-state index contributed by atoms with van der Waals surface area (Å²) < 4.78 is 44.8. The van der Waals surface area contributed by atoms with Crippen molar-refractivity contribution < 1.29 is 17.9 Å². The molecule has 0 fully saturated rings. The maximum Gasteiger partial charge on any atom is 0.278 e. The number of nitro groups is 1. The molecule has 2 N–H and O–H groups in total. The highest BCUT2D eigenvalue weighted by Crippen LogP contribution is 2.50. The molecule has 11 rings (SSSR count). The first-order valence-electron chi connectivity index (χ1n) is 18.1. The molecule has 0 saturated heterocycles. The monoisotopic (exact) mass is 808 g/mol. The number of pyridine rings is 2. The minimum Gasteiger partial charge on any atom is -0.593 e. The van der Waals surface area contributed by atoms with Gasteiger partial charge in [-0.25, -0.2) is 22.7 Å². The standard InChI is InChI=1S/C41H28N8O7S2/c1-5-46(4)57(54)18-6-12-29-27(14-18)43-38-22-11-9-21-35-31(49(52)53)17-25-33-23(39-44-28-15-19(58(55,56)45(2)3)7-13-30(28)48(39)41(25)51)10-8-20(37(33)35)34-26(42)16-24(32(22)36(21)34)40(50)47(29)38/h6-17H,5,42H2,1-4H3. The van der Waals surface area contributed by atoms with Gasteiger partial charge in [-0.2, -0.15) is 0 Å². The second kappa shape index (κ2) is 11.3. The number of rotatable bonds is 6. The molecule has 1 atom stereocenters. The average Bonchev–Trinajstić information content (AvgIpc) is 3.79. The van der Waals surface area contributed by atoms with E-state index in [1.165, 1.54) is 47.2 Å². The van der Waals surface area contributed by atoms with Crippen LogP contribution >= 0.6 is 0 Å². The van der Waals surface area contributed by atoms with Gasteiger partial charge in [0.05, 0.1) is 59.4 Å². The van der Waals surface area contributed by atoms with Crippen molar-refractivity contribution in [2.24, 2.45) is 0 Å². The molecule has 7 aromatic carbocycles. The summed E-state index contributed by atoms with van der Waals surface area (Å²) >= 11 is -1.44. The van der Waals surface area contributed by atoms with Gasteiger partial charge in [0, 0.05) is 83.2 Å². The molecular formula is C41H28N8O7S2. The zero-order valence-electron chi connectivity index (χ0n) is 31.0. The number of hydrogen-bond donors (Lipinski definition) is 1. The van der Waals surface area contributed by atoms with E-state index in [9.17, 15) is 32.7 Å². The van der Waals surface area contributed by atoms with E-state index in [-0.39, 0.29) is 43.8 Å². The van der Waals surface area contributed by atoms with E-state index in [0.717, 1.165) is 4.31 Å². The van der Waals surface area contributed by atoms with E-state index >= 15 is 0 Å². The summed E-state index contributed by atoms with van der Waals surface area (Å²) in [6.45, 7) is 2.47. The molecule has 58 heavy (non-hydrogen) atoms. The smallest absolute Gasteiger partial charge is 0.278 e. The molecule has 4 aromatic heterocycles. The largest absolute Gasteiger partial charge is 0.593 e. The summed E-state index contributed by atoms with van der Waals surface area (Å²) in [4.78, 5) is 51.8. The van der Waals surface area contributed by atoms with Crippen molar-refractivity contribution in [1.29, 1.82) is 0 Å². The molecule has 0 aliphatic rings. The minimum atomic E-state index is -3.82. The normalized spacial score (nSPS) is 13.7. The van der Waals surface area contributed by atoms with E-state index in [1.807, 2.05) is 6.92 Å². The number of nitrogen functional groups attached to an aromatic ring is 1. The van der Waals surface area contributed by atoms with Gasteiger partial charge in [-0.05, 0) is 66.2 Å². The van der Waals surface area contributed by atoms with Gasteiger partial charge in [-0.15, -0.1) is 4.31 Å². The summed E-state index contributed by atoms with van der Waals surface area (Å²) in [6.07, 6.45) is 0. The lowest BCUT2D eigenvalue weighted by atomic mass is 9.84. The number of benzene rings is 7. The van der Waals surface area contributed by atoms with E-state index in [1.54, 1.807) is 59.9 Å². The second-order valence-corrected chi connectivity index (χ2v) is 18.5. The van der Waals surface area contributed by atoms with E-state index < -0.39 is 31.9 Å². The van der Waals surface area contributed by atoms with Crippen LogP contribution in [0.3, 0.4) is 0 Å². The zero-order chi connectivity index (χ0) is 40.4. The van der Waals surface area contributed by atoms with Crippen LogP contribution in [-0.4, -0.2) is 73.0 Å². The lowest BCUT2D eigenvalue weighted by molar-refractivity contribution is -0.382. The molecule has 0 bridgehead atoms. The SMILES string of the molecule is CCN(C)[S+]([O-])c1ccc2c(c1)nc1c3ccc4c5c([N+](=O)[O-])cc6c(=O)n7c8ccc(S(=O)(=O)N(C)C)cc8nc7c7ccc(c8c(N)cc(c(=O)n21)c3c48)c5c67. The van der Waals surface area contributed by atoms with Crippen LogP contribution in [0.15, 0.2) is 92.2 Å². The number of anilines is 1. The number of non-ortho nitro benzene ring substituents is 1. The van der Waals surface area contributed by atoms with Gasteiger partial charge >= 0.3 is 0 Å². The van der Waals surface area contributed by atoms with Crippen LogP contribution in [0.25, 0.3) is 98.0 Å². The molecule has 286 valence electrons. The van der Waals surface area contributed by atoms with Crippen molar-refractivity contribution >= 4 is 131 Å². The molecule has 0 aliphatic carbocycles. The topological polar surface area (TPSA) is 202 Å². The molecule has 17 heteroatoms. The molecule has 0 radical (unpaired) electrons. The fraction of sp³-hybridized carbons (Fsp3) is 0.122. The Bertz CT molecular complexity index is 3920. The van der Waals surface area contributed by atoms with Crippen molar-refractivity contribution in [3.8, 4) is 0 Å². The summed E-state index contributed by atoms with van der Waals surface area (Å²) in [6, 6.07) is 19.6. The molecule has 4 heterocycles. The third-order valence-electron chi connectivity index (χ3n) is 11.6. The lowest BCUT2D eigenvalue weighted by Gasteiger charge is -2.19. The predicted molar refractivity (Wildman–Crippen MR) is 227 cm³/mol. The van der Waals surface area contributed by atoms with Crippen LogP contribution in [-0.2, 0) is 21.4 Å². The summed E-state index contributed by atoms with van der Waals surface area (Å²) in [5, 5.41) is 18.4. The number of nitrogens with two attached hydrogens (primary N) is 1. The van der Waals surface area contributed by atoms with Crippen LogP contribution in [0.5, 0.6) is 0 Å².